The molecule has 1 heterocycles. The van der Waals surface area contributed by atoms with Crippen LogP contribution in [0.1, 0.15) is 13.3 Å². The fourth-order valence-corrected chi connectivity index (χ4v) is 2.06. The number of rotatable bonds is 8. The zero-order valence-electron chi connectivity index (χ0n) is 13.2. The normalized spacial score (nSPS) is 11.5. The number of nitrogens with zero attached hydrogens (tertiary/aromatic N) is 2. The Morgan fingerprint density at radius 1 is 1.33 bits per heavy atom. The van der Waals surface area contributed by atoms with Crippen molar-refractivity contribution in [3.05, 3.63) is 35.5 Å². The molecule has 2 aromatic rings. The van der Waals surface area contributed by atoms with Gasteiger partial charge in [0.15, 0.2) is 5.84 Å². The molecule has 0 aliphatic rings. The highest BCUT2D eigenvalue weighted by molar-refractivity contribution is 6.35. The Labute approximate surface area is 144 Å². The predicted octanol–water partition coefficient (Wildman–Crippen LogP) is 2.51. The lowest BCUT2D eigenvalue weighted by Gasteiger charge is -2.09. The number of halogens is 1. The van der Waals surface area contributed by atoms with E-state index in [1.165, 1.54) is 0 Å². The Balaban J connectivity index is 1.92. The molecule has 128 valence electrons. The molecule has 1 aromatic carbocycles. The number of carbonyl (C=O) groups is 1. The Morgan fingerprint density at radius 3 is 2.96 bits per heavy atom. The third-order valence-electron chi connectivity index (χ3n) is 2.89. The number of amidine groups is 1. The Hall–Kier alpha value is -2.38. The molecule has 0 aliphatic carbocycles. The Kier molecular flexibility index (Phi) is 6.77. The molecule has 0 amide bonds. The maximum absolute atomic E-state index is 11.3. The molecule has 7 nitrogen and oxygen atoms in total. The van der Waals surface area contributed by atoms with Gasteiger partial charge in [0.05, 0.1) is 5.02 Å². The first-order chi connectivity index (χ1) is 11.6. The zero-order chi connectivity index (χ0) is 17.4. The van der Waals surface area contributed by atoms with E-state index in [2.05, 4.69) is 15.0 Å². The lowest BCUT2D eigenvalue weighted by atomic mass is 10.2. The van der Waals surface area contributed by atoms with Crippen molar-refractivity contribution in [1.29, 1.82) is 0 Å². The second-order valence-corrected chi connectivity index (χ2v) is 5.24. The second-order valence-electron chi connectivity index (χ2n) is 4.83. The summed E-state index contributed by atoms with van der Waals surface area (Å²) < 4.78 is 10.6. The van der Waals surface area contributed by atoms with E-state index in [1.807, 2.05) is 13.0 Å². The van der Waals surface area contributed by atoms with E-state index in [9.17, 15) is 4.79 Å². The van der Waals surface area contributed by atoms with Crippen LogP contribution in [0.4, 0.5) is 0 Å². The minimum Gasteiger partial charge on any atom is -0.483 e. The van der Waals surface area contributed by atoms with Crippen molar-refractivity contribution in [1.82, 2.24) is 4.98 Å². The molecule has 0 saturated heterocycles. The van der Waals surface area contributed by atoms with Gasteiger partial charge in [-0.15, -0.1) is 0 Å². The van der Waals surface area contributed by atoms with Gasteiger partial charge in [0.25, 0.3) is 0 Å². The van der Waals surface area contributed by atoms with Gasteiger partial charge >= 0.3 is 5.97 Å². The fourth-order valence-electron chi connectivity index (χ4n) is 1.84. The van der Waals surface area contributed by atoms with Crippen LogP contribution in [-0.2, 0) is 14.4 Å². The second kappa shape index (κ2) is 9.05. The summed E-state index contributed by atoms with van der Waals surface area (Å²) in [5, 5.41) is 4.86. The van der Waals surface area contributed by atoms with Crippen LogP contribution in [0.5, 0.6) is 5.75 Å². The highest BCUT2D eigenvalue weighted by atomic mass is 35.5. The van der Waals surface area contributed by atoms with Crippen molar-refractivity contribution in [2.75, 3.05) is 19.8 Å². The molecule has 0 bridgehead atoms. The lowest BCUT2D eigenvalue weighted by molar-refractivity contribution is -0.149. The molecule has 0 spiro atoms. The summed E-state index contributed by atoms with van der Waals surface area (Å²) in [4.78, 5) is 20.2. The topological polar surface area (TPSA) is 96.0 Å². The average molecular weight is 352 g/mol. The van der Waals surface area contributed by atoms with Gasteiger partial charge < -0.3 is 20.0 Å². The summed E-state index contributed by atoms with van der Waals surface area (Å²) in [6, 6.07) is 7.02. The minimum absolute atomic E-state index is 0.0119. The largest absolute Gasteiger partial charge is 0.483 e. The molecule has 2 rings (SSSR count). The van der Waals surface area contributed by atoms with Crippen LogP contribution in [0.25, 0.3) is 10.9 Å². The van der Waals surface area contributed by atoms with Gasteiger partial charge in [0, 0.05) is 18.2 Å². The highest BCUT2D eigenvalue weighted by Gasteiger charge is 2.08. The van der Waals surface area contributed by atoms with Gasteiger partial charge in [0.2, 0.25) is 0 Å². The van der Waals surface area contributed by atoms with Gasteiger partial charge in [-0.1, -0.05) is 23.7 Å². The van der Waals surface area contributed by atoms with E-state index in [0.717, 1.165) is 11.8 Å². The Morgan fingerprint density at radius 2 is 2.17 bits per heavy atom. The smallest absolute Gasteiger partial charge is 0.360 e. The lowest BCUT2D eigenvalue weighted by Crippen LogP contribution is -2.23. The summed E-state index contributed by atoms with van der Waals surface area (Å²) in [6.07, 6.45) is 2.46. The van der Waals surface area contributed by atoms with Gasteiger partial charge in [-0.3, -0.25) is 4.98 Å². The number of hydrogen-bond acceptors (Lipinski definition) is 6. The third kappa shape index (κ3) is 5.07. The third-order valence-corrected chi connectivity index (χ3v) is 3.22. The maximum atomic E-state index is 11.3. The highest BCUT2D eigenvalue weighted by Crippen LogP contribution is 2.29. The number of aromatic nitrogens is 1. The van der Waals surface area contributed by atoms with Gasteiger partial charge in [-0.05, 0) is 30.7 Å². The number of fused-ring (bicyclic) bond motifs is 1. The molecule has 24 heavy (non-hydrogen) atoms. The standard InChI is InChI=1S/C16H18ClN3O4/c1-2-8-22-10-15(21)24-20-14(18)9-23-13-6-5-12(17)11-4-3-7-19-16(11)13/h3-7H,2,8-10H2,1H3,(H2,18,20). The number of pyridine rings is 1. The fraction of sp³-hybridized carbons (Fsp3) is 0.312. The van der Waals surface area contributed by atoms with Gasteiger partial charge in [0.1, 0.15) is 24.5 Å². The molecule has 2 N–H and O–H groups in total. The molecular formula is C16H18ClN3O4. The molecule has 1 aromatic heterocycles. The van der Waals surface area contributed by atoms with E-state index in [4.69, 9.17) is 26.8 Å². The van der Waals surface area contributed by atoms with Crippen LogP contribution in [0.2, 0.25) is 5.02 Å². The Bertz CT molecular complexity index is 736. The first kappa shape index (κ1) is 18.0. The van der Waals surface area contributed by atoms with Gasteiger partial charge in [-0.2, -0.15) is 0 Å². The van der Waals surface area contributed by atoms with Crippen molar-refractivity contribution in [2.24, 2.45) is 10.9 Å². The monoisotopic (exact) mass is 351 g/mol. The van der Waals surface area contributed by atoms with Crippen LogP contribution in [0.3, 0.4) is 0 Å². The predicted molar refractivity (Wildman–Crippen MR) is 91.1 cm³/mol. The maximum Gasteiger partial charge on any atom is 0.360 e. The number of nitrogens with two attached hydrogens (primary N) is 1. The van der Waals surface area contributed by atoms with E-state index < -0.39 is 5.97 Å². The average Bonchev–Trinajstić information content (AvgIpc) is 2.60. The van der Waals surface area contributed by atoms with E-state index in [0.29, 0.717) is 22.9 Å². The van der Waals surface area contributed by atoms with E-state index in [-0.39, 0.29) is 19.0 Å². The molecule has 0 fully saturated rings. The van der Waals surface area contributed by atoms with Crippen LogP contribution < -0.4 is 10.5 Å². The summed E-state index contributed by atoms with van der Waals surface area (Å²) in [6.45, 7) is 2.19. The minimum atomic E-state index is -0.620. The number of ether oxygens (including phenoxy) is 2. The first-order valence-corrected chi connectivity index (χ1v) is 7.75. The zero-order valence-corrected chi connectivity index (χ0v) is 14.0. The first-order valence-electron chi connectivity index (χ1n) is 7.37. The number of carbonyl (C=O) groups excluding carboxylic acids is 1. The molecule has 0 atom stereocenters. The molecule has 8 heteroatoms. The molecule has 0 saturated carbocycles. The molecular weight excluding hydrogens is 334 g/mol. The van der Waals surface area contributed by atoms with Crippen molar-refractivity contribution >= 4 is 34.3 Å². The summed E-state index contributed by atoms with van der Waals surface area (Å²) in [5.74, 6) is -0.103. The van der Waals surface area contributed by atoms with Gasteiger partial charge in [-0.25, -0.2) is 4.79 Å². The van der Waals surface area contributed by atoms with Crippen molar-refractivity contribution < 1.29 is 19.1 Å². The number of hydrogen-bond donors (Lipinski definition) is 1. The number of oxime groups is 1. The summed E-state index contributed by atoms with van der Waals surface area (Å²) in [5.41, 5.74) is 6.27. The van der Waals surface area contributed by atoms with Crippen molar-refractivity contribution in [2.45, 2.75) is 13.3 Å². The van der Waals surface area contributed by atoms with E-state index >= 15 is 0 Å². The summed E-state index contributed by atoms with van der Waals surface area (Å²) in [7, 11) is 0. The van der Waals surface area contributed by atoms with Crippen LogP contribution in [-0.4, -0.2) is 36.6 Å². The van der Waals surface area contributed by atoms with Crippen LogP contribution >= 0.6 is 11.6 Å². The summed E-state index contributed by atoms with van der Waals surface area (Å²) >= 11 is 6.12. The van der Waals surface area contributed by atoms with Crippen LogP contribution in [0.15, 0.2) is 35.6 Å². The molecule has 0 radical (unpaired) electrons. The van der Waals surface area contributed by atoms with Crippen LogP contribution in [0, 0.1) is 0 Å². The number of benzene rings is 1. The SMILES string of the molecule is CCCOCC(=O)ON=C(N)COc1ccc(Cl)c2cccnc12. The van der Waals surface area contributed by atoms with E-state index in [1.54, 1.807) is 24.4 Å². The quantitative estimate of drug-likeness (QED) is 0.258. The van der Waals surface area contributed by atoms with Crippen molar-refractivity contribution in [3.63, 3.8) is 0 Å². The molecule has 0 aliphatic heterocycles. The molecule has 0 unspecified atom stereocenters. The van der Waals surface area contributed by atoms with Crippen molar-refractivity contribution in [3.8, 4) is 5.75 Å².